The summed E-state index contributed by atoms with van der Waals surface area (Å²) in [6, 6.07) is 8.72. The predicted octanol–water partition coefficient (Wildman–Crippen LogP) is 3.70. The Morgan fingerprint density at radius 3 is 2.33 bits per heavy atom. The van der Waals surface area contributed by atoms with Gasteiger partial charge in [0.25, 0.3) is 0 Å². The van der Waals surface area contributed by atoms with Crippen LogP contribution in [0.1, 0.15) is 24.3 Å². The highest BCUT2D eigenvalue weighted by Gasteiger charge is 2.26. The first kappa shape index (κ1) is 18.3. The topological polar surface area (TPSA) is 43.4 Å². The average molecular weight is 345 g/mol. The molecule has 0 radical (unpaired) electrons. The van der Waals surface area contributed by atoms with Gasteiger partial charge in [-0.2, -0.15) is 13.2 Å². The summed E-state index contributed by atoms with van der Waals surface area (Å²) in [5, 5.41) is 0. The van der Waals surface area contributed by atoms with Crippen LogP contribution in [-0.4, -0.2) is 33.6 Å². The van der Waals surface area contributed by atoms with Crippen molar-refractivity contribution in [3.8, 4) is 0 Å². The minimum absolute atomic E-state index is 0.00776. The molecule has 0 aliphatic carbocycles. The Bertz CT molecular complexity index is 517. The molecule has 0 aliphatic rings. The van der Waals surface area contributed by atoms with Crippen molar-refractivity contribution in [3.63, 3.8) is 0 Å². The summed E-state index contributed by atoms with van der Waals surface area (Å²) in [7, 11) is 1.52. The standard InChI is InChI=1S/C13H16ClF3O3S/c14-21(18,19)10-12(11-5-2-1-3-6-11)9-20-8-4-7-13(15,16)17/h1-3,5-6,12H,4,7-10H2. The molecule has 1 aromatic carbocycles. The average Bonchev–Trinajstić information content (AvgIpc) is 2.35. The molecule has 0 amide bonds. The van der Waals surface area contributed by atoms with E-state index >= 15 is 0 Å². The molecule has 1 unspecified atom stereocenters. The Morgan fingerprint density at radius 1 is 1.19 bits per heavy atom. The van der Waals surface area contributed by atoms with Gasteiger partial charge >= 0.3 is 6.18 Å². The molecule has 3 nitrogen and oxygen atoms in total. The minimum atomic E-state index is -4.21. The lowest BCUT2D eigenvalue weighted by atomic mass is 10.0. The lowest BCUT2D eigenvalue weighted by Crippen LogP contribution is -2.17. The number of benzene rings is 1. The molecule has 0 fully saturated rings. The van der Waals surface area contributed by atoms with Gasteiger partial charge in [-0.05, 0) is 12.0 Å². The van der Waals surface area contributed by atoms with Crippen LogP contribution in [0.15, 0.2) is 30.3 Å². The Hall–Kier alpha value is -0.790. The van der Waals surface area contributed by atoms with Gasteiger partial charge in [0.2, 0.25) is 9.05 Å². The number of hydrogen-bond acceptors (Lipinski definition) is 3. The third kappa shape index (κ3) is 8.95. The largest absolute Gasteiger partial charge is 0.389 e. The molecule has 0 N–H and O–H groups in total. The smallest absolute Gasteiger partial charge is 0.381 e. The lowest BCUT2D eigenvalue weighted by Gasteiger charge is -2.16. The van der Waals surface area contributed by atoms with Crippen LogP contribution in [0, 0.1) is 0 Å². The third-order valence-corrected chi connectivity index (χ3v) is 3.92. The third-order valence-electron chi connectivity index (χ3n) is 2.74. The van der Waals surface area contributed by atoms with Gasteiger partial charge in [0, 0.05) is 29.6 Å². The predicted molar refractivity (Wildman–Crippen MR) is 74.9 cm³/mol. The lowest BCUT2D eigenvalue weighted by molar-refractivity contribution is -0.137. The normalized spacial score (nSPS) is 14.1. The van der Waals surface area contributed by atoms with Crippen LogP contribution < -0.4 is 0 Å². The first-order valence-corrected chi connectivity index (χ1v) is 8.77. The van der Waals surface area contributed by atoms with Crippen molar-refractivity contribution in [1.29, 1.82) is 0 Å². The van der Waals surface area contributed by atoms with Gasteiger partial charge in [0.1, 0.15) is 0 Å². The maximum Gasteiger partial charge on any atom is 0.389 e. The zero-order valence-electron chi connectivity index (χ0n) is 11.1. The van der Waals surface area contributed by atoms with Crippen molar-refractivity contribution in [2.75, 3.05) is 19.0 Å². The summed E-state index contributed by atoms with van der Waals surface area (Å²) in [4.78, 5) is 0. The van der Waals surface area contributed by atoms with E-state index in [1.165, 1.54) is 0 Å². The molecule has 1 aromatic rings. The molecule has 0 spiro atoms. The maximum atomic E-state index is 12.0. The van der Waals surface area contributed by atoms with Crippen LogP contribution in [0.4, 0.5) is 13.2 Å². The van der Waals surface area contributed by atoms with Crippen molar-refractivity contribution in [1.82, 2.24) is 0 Å². The Balaban J connectivity index is 2.51. The van der Waals surface area contributed by atoms with E-state index in [4.69, 9.17) is 15.4 Å². The molecule has 0 saturated carbocycles. The van der Waals surface area contributed by atoms with Crippen molar-refractivity contribution in [3.05, 3.63) is 35.9 Å². The Kier molecular flexibility index (Phi) is 6.96. The fourth-order valence-electron chi connectivity index (χ4n) is 1.81. The summed E-state index contributed by atoms with van der Waals surface area (Å²) in [5.74, 6) is -0.822. The molecule has 0 bridgehead atoms. The van der Waals surface area contributed by atoms with Crippen molar-refractivity contribution < 1.29 is 26.3 Å². The van der Waals surface area contributed by atoms with Crippen molar-refractivity contribution in [2.45, 2.75) is 24.9 Å². The second-order valence-corrected chi connectivity index (χ2v) is 7.43. The van der Waals surface area contributed by atoms with Crippen LogP contribution >= 0.6 is 10.7 Å². The van der Waals surface area contributed by atoms with Gasteiger partial charge in [-0.3, -0.25) is 0 Å². The number of rotatable bonds is 8. The van der Waals surface area contributed by atoms with Gasteiger partial charge in [-0.15, -0.1) is 0 Å². The zero-order chi connectivity index (χ0) is 15.9. The highest BCUT2D eigenvalue weighted by atomic mass is 35.7. The van der Waals surface area contributed by atoms with Gasteiger partial charge in [0.15, 0.2) is 0 Å². The van der Waals surface area contributed by atoms with E-state index in [2.05, 4.69) is 0 Å². The fraction of sp³-hybridized carbons (Fsp3) is 0.538. The molecular weight excluding hydrogens is 329 g/mol. The summed E-state index contributed by atoms with van der Waals surface area (Å²) in [6.07, 6.45) is -5.28. The summed E-state index contributed by atoms with van der Waals surface area (Å²) < 4.78 is 63.5. The second-order valence-electron chi connectivity index (χ2n) is 4.61. The van der Waals surface area contributed by atoms with E-state index in [0.29, 0.717) is 0 Å². The molecule has 21 heavy (non-hydrogen) atoms. The molecule has 0 heterocycles. The zero-order valence-corrected chi connectivity index (χ0v) is 12.7. The molecule has 8 heteroatoms. The van der Waals surface area contributed by atoms with E-state index in [9.17, 15) is 21.6 Å². The van der Waals surface area contributed by atoms with Gasteiger partial charge in [0.05, 0.1) is 12.4 Å². The summed E-state index contributed by atoms with van der Waals surface area (Å²) in [6.45, 7) is -0.0704. The SMILES string of the molecule is O=S(=O)(Cl)CC(COCCCC(F)(F)F)c1ccccc1. The number of alkyl halides is 3. The fourth-order valence-corrected chi connectivity index (χ4v) is 3.03. The van der Waals surface area contributed by atoms with E-state index < -0.39 is 27.6 Å². The molecule has 1 rings (SSSR count). The maximum absolute atomic E-state index is 12.0. The van der Waals surface area contributed by atoms with Gasteiger partial charge in [-0.1, -0.05) is 30.3 Å². The van der Waals surface area contributed by atoms with Crippen LogP contribution in [0.2, 0.25) is 0 Å². The van der Waals surface area contributed by atoms with Crippen LogP contribution in [-0.2, 0) is 13.8 Å². The van der Waals surface area contributed by atoms with Crippen LogP contribution in [0.5, 0.6) is 0 Å². The van der Waals surface area contributed by atoms with Crippen molar-refractivity contribution >= 4 is 19.7 Å². The van der Waals surface area contributed by atoms with Gasteiger partial charge < -0.3 is 4.74 Å². The van der Waals surface area contributed by atoms with Crippen LogP contribution in [0.25, 0.3) is 0 Å². The summed E-state index contributed by atoms with van der Waals surface area (Å²) >= 11 is 0. The first-order valence-electron chi connectivity index (χ1n) is 6.29. The monoisotopic (exact) mass is 344 g/mol. The summed E-state index contributed by atoms with van der Waals surface area (Å²) in [5.41, 5.74) is 0.720. The Morgan fingerprint density at radius 2 is 1.81 bits per heavy atom. The molecule has 0 aromatic heterocycles. The van der Waals surface area contributed by atoms with E-state index in [-0.39, 0.29) is 25.4 Å². The second kappa shape index (κ2) is 8.00. The molecule has 0 saturated heterocycles. The quantitative estimate of drug-likeness (QED) is 0.533. The Labute approximate surface area is 126 Å². The number of ether oxygens (including phenoxy) is 1. The molecular formula is C13H16ClF3O3S. The highest BCUT2D eigenvalue weighted by molar-refractivity contribution is 8.13. The molecule has 120 valence electrons. The molecule has 1 atom stereocenters. The number of hydrogen-bond donors (Lipinski definition) is 0. The molecule has 0 aliphatic heterocycles. The first-order chi connectivity index (χ1) is 9.67. The highest BCUT2D eigenvalue weighted by Crippen LogP contribution is 2.22. The van der Waals surface area contributed by atoms with Crippen LogP contribution in [0.3, 0.4) is 0 Å². The minimum Gasteiger partial charge on any atom is -0.381 e. The van der Waals surface area contributed by atoms with Gasteiger partial charge in [-0.25, -0.2) is 8.42 Å². The van der Waals surface area contributed by atoms with E-state index in [0.717, 1.165) is 5.56 Å². The van der Waals surface area contributed by atoms with E-state index in [1.807, 2.05) is 0 Å². The number of halogens is 4. The van der Waals surface area contributed by atoms with Crippen molar-refractivity contribution in [2.24, 2.45) is 0 Å². The van der Waals surface area contributed by atoms with E-state index in [1.54, 1.807) is 30.3 Å².